The summed E-state index contributed by atoms with van der Waals surface area (Å²) in [6.07, 6.45) is 7.99. The molecular weight excluding hydrogens is 282 g/mol. The van der Waals surface area contributed by atoms with Gasteiger partial charge in [0.1, 0.15) is 11.5 Å². The molecule has 1 amide bonds. The molecule has 3 fully saturated rings. The van der Waals surface area contributed by atoms with E-state index in [0.29, 0.717) is 12.6 Å². The van der Waals surface area contributed by atoms with Crippen LogP contribution in [0, 0.1) is 11.8 Å². The summed E-state index contributed by atoms with van der Waals surface area (Å²) in [5.74, 6) is -1.08. The van der Waals surface area contributed by atoms with E-state index in [1.54, 1.807) is 0 Å². The van der Waals surface area contributed by atoms with Crippen LogP contribution in [-0.4, -0.2) is 47.2 Å². The summed E-state index contributed by atoms with van der Waals surface area (Å²) in [4.78, 5) is 27.4. The van der Waals surface area contributed by atoms with E-state index in [-0.39, 0.29) is 24.1 Å². The molecule has 22 heavy (non-hydrogen) atoms. The van der Waals surface area contributed by atoms with Gasteiger partial charge < -0.3 is 14.4 Å². The summed E-state index contributed by atoms with van der Waals surface area (Å²) in [5.41, 5.74) is -0.592. The quantitative estimate of drug-likeness (QED) is 0.588. The zero-order valence-electron chi connectivity index (χ0n) is 13.2. The zero-order chi connectivity index (χ0) is 15.5. The Morgan fingerprint density at radius 1 is 1.41 bits per heavy atom. The first-order valence-corrected chi connectivity index (χ1v) is 8.40. The minimum Gasteiger partial charge on any atom is -0.463 e. The summed E-state index contributed by atoms with van der Waals surface area (Å²) in [7, 11) is 0. The lowest BCUT2D eigenvalue weighted by atomic mass is 9.77. The van der Waals surface area contributed by atoms with E-state index in [1.807, 2.05) is 30.9 Å². The topological polar surface area (TPSA) is 55.8 Å². The molecule has 5 heteroatoms. The zero-order valence-corrected chi connectivity index (χ0v) is 13.2. The van der Waals surface area contributed by atoms with Crippen LogP contribution in [0.5, 0.6) is 0 Å². The summed E-state index contributed by atoms with van der Waals surface area (Å²) >= 11 is 0. The van der Waals surface area contributed by atoms with Crippen LogP contribution in [0.2, 0.25) is 0 Å². The van der Waals surface area contributed by atoms with Crippen LogP contribution in [0.25, 0.3) is 0 Å². The number of hydrogen-bond acceptors (Lipinski definition) is 4. The Morgan fingerprint density at radius 3 is 2.82 bits per heavy atom. The molecule has 4 aliphatic rings. The standard InChI is InChI=1S/C17H23NO4/c1-10(2)21-16(20)13-12-7-8-17(22-12)9-18(15(19)14(13)17)11-5-3-4-6-11/h7-8,10-14H,3-6,9H2,1-2H3/t12-,13-,14+,17+/m1/s1. The van der Waals surface area contributed by atoms with Crippen molar-refractivity contribution in [3.63, 3.8) is 0 Å². The molecule has 120 valence electrons. The number of hydrogen-bond donors (Lipinski definition) is 0. The number of carbonyl (C=O) groups is 2. The number of likely N-dealkylation sites (tertiary alicyclic amines) is 1. The second-order valence-corrected chi connectivity index (χ2v) is 7.29. The summed E-state index contributed by atoms with van der Waals surface area (Å²) < 4.78 is 11.5. The molecule has 0 unspecified atom stereocenters. The van der Waals surface area contributed by atoms with E-state index in [9.17, 15) is 9.59 Å². The van der Waals surface area contributed by atoms with Gasteiger partial charge in [0.2, 0.25) is 5.91 Å². The van der Waals surface area contributed by atoms with Crippen molar-refractivity contribution in [2.45, 2.75) is 63.4 Å². The van der Waals surface area contributed by atoms with E-state index < -0.39 is 17.4 Å². The van der Waals surface area contributed by atoms with Crippen molar-refractivity contribution in [3.05, 3.63) is 12.2 Å². The molecule has 1 aliphatic carbocycles. The number of rotatable bonds is 3. The highest BCUT2D eigenvalue weighted by Gasteiger charge is 2.68. The lowest BCUT2D eigenvalue weighted by Crippen LogP contribution is -2.41. The molecular formula is C17H23NO4. The third-order valence-corrected chi connectivity index (χ3v) is 5.52. The highest BCUT2D eigenvalue weighted by molar-refractivity contribution is 5.91. The SMILES string of the molecule is CC(C)OC(=O)[C@H]1[C@H]2C(=O)N(C3CCCC3)C[C@@]23C=C[C@H]1O3. The number of ether oxygens (including phenoxy) is 2. The summed E-state index contributed by atoms with van der Waals surface area (Å²) in [6, 6.07) is 0.324. The summed E-state index contributed by atoms with van der Waals surface area (Å²) in [6.45, 7) is 4.26. The van der Waals surface area contributed by atoms with Crippen LogP contribution >= 0.6 is 0 Å². The Labute approximate surface area is 130 Å². The molecule has 2 saturated heterocycles. The Morgan fingerprint density at radius 2 is 2.14 bits per heavy atom. The van der Waals surface area contributed by atoms with E-state index in [0.717, 1.165) is 12.8 Å². The van der Waals surface area contributed by atoms with Crippen molar-refractivity contribution in [1.29, 1.82) is 0 Å². The molecule has 1 spiro atoms. The monoisotopic (exact) mass is 305 g/mol. The normalized spacial score (nSPS) is 40.0. The molecule has 4 rings (SSSR count). The average molecular weight is 305 g/mol. The van der Waals surface area contributed by atoms with Gasteiger partial charge in [0, 0.05) is 6.04 Å². The molecule has 2 bridgehead atoms. The fourth-order valence-corrected chi connectivity index (χ4v) is 4.63. The minimum absolute atomic E-state index is 0.0875. The third kappa shape index (κ3) is 1.87. The minimum atomic E-state index is -0.592. The van der Waals surface area contributed by atoms with Gasteiger partial charge in [-0.3, -0.25) is 9.59 Å². The first-order valence-electron chi connectivity index (χ1n) is 8.40. The molecule has 0 aromatic carbocycles. The van der Waals surface area contributed by atoms with Crippen molar-refractivity contribution in [2.75, 3.05) is 6.54 Å². The van der Waals surface area contributed by atoms with Gasteiger partial charge in [0.15, 0.2) is 0 Å². The molecule has 0 radical (unpaired) electrons. The number of nitrogens with zero attached hydrogens (tertiary/aromatic N) is 1. The second kappa shape index (κ2) is 4.82. The van der Waals surface area contributed by atoms with Gasteiger partial charge in [0.05, 0.1) is 24.7 Å². The Hall–Kier alpha value is -1.36. The van der Waals surface area contributed by atoms with Crippen molar-refractivity contribution < 1.29 is 19.1 Å². The predicted octanol–water partition coefficient (Wildman–Crippen LogP) is 1.66. The highest BCUT2D eigenvalue weighted by Crippen LogP contribution is 2.53. The predicted molar refractivity (Wildman–Crippen MR) is 78.9 cm³/mol. The van der Waals surface area contributed by atoms with Gasteiger partial charge in [-0.25, -0.2) is 0 Å². The van der Waals surface area contributed by atoms with Crippen molar-refractivity contribution >= 4 is 11.9 Å². The second-order valence-electron chi connectivity index (χ2n) is 7.29. The number of esters is 1. The van der Waals surface area contributed by atoms with E-state index in [4.69, 9.17) is 9.47 Å². The Kier molecular flexibility index (Phi) is 3.12. The van der Waals surface area contributed by atoms with Crippen LogP contribution < -0.4 is 0 Å². The lowest BCUT2D eigenvalue weighted by molar-refractivity contribution is -0.157. The van der Waals surface area contributed by atoms with Crippen LogP contribution in [-0.2, 0) is 19.1 Å². The Balaban J connectivity index is 1.61. The largest absolute Gasteiger partial charge is 0.463 e. The van der Waals surface area contributed by atoms with Crippen LogP contribution in [0.4, 0.5) is 0 Å². The molecule has 0 N–H and O–H groups in total. The van der Waals surface area contributed by atoms with Gasteiger partial charge in [-0.2, -0.15) is 0 Å². The molecule has 4 atom stereocenters. The van der Waals surface area contributed by atoms with Crippen LogP contribution in [0.15, 0.2) is 12.2 Å². The molecule has 5 nitrogen and oxygen atoms in total. The fourth-order valence-electron chi connectivity index (χ4n) is 4.63. The van der Waals surface area contributed by atoms with Gasteiger partial charge in [0.25, 0.3) is 0 Å². The lowest BCUT2D eigenvalue weighted by Gasteiger charge is -2.27. The molecule has 3 heterocycles. The fraction of sp³-hybridized carbons (Fsp3) is 0.765. The van der Waals surface area contributed by atoms with E-state index >= 15 is 0 Å². The maximum absolute atomic E-state index is 13.0. The van der Waals surface area contributed by atoms with Gasteiger partial charge in [-0.05, 0) is 26.7 Å². The van der Waals surface area contributed by atoms with Gasteiger partial charge >= 0.3 is 5.97 Å². The van der Waals surface area contributed by atoms with Crippen LogP contribution in [0.1, 0.15) is 39.5 Å². The maximum Gasteiger partial charge on any atom is 0.313 e. The van der Waals surface area contributed by atoms with Gasteiger partial charge in [-0.1, -0.05) is 25.0 Å². The molecule has 0 aromatic heterocycles. The van der Waals surface area contributed by atoms with E-state index in [2.05, 4.69) is 0 Å². The average Bonchev–Trinajstić information content (AvgIpc) is 3.18. The highest BCUT2D eigenvalue weighted by atomic mass is 16.6. The number of amides is 1. The third-order valence-electron chi connectivity index (χ3n) is 5.52. The Bertz CT molecular complexity index is 537. The molecule has 0 aromatic rings. The van der Waals surface area contributed by atoms with Crippen LogP contribution in [0.3, 0.4) is 0 Å². The van der Waals surface area contributed by atoms with Crippen molar-refractivity contribution in [1.82, 2.24) is 4.90 Å². The first-order chi connectivity index (χ1) is 10.5. The smallest absolute Gasteiger partial charge is 0.313 e. The maximum atomic E-state index is 13.0. The molecule has 1 saturated carbocycles. The number of fused-ring (bicyclic) bond motifs is 1. The summed E-state index contributed by atoms with van der Waals surface area (Å²) in [5, 5.41) is 0. The number of carbonyl (C=O) groups excluding carboxylic acids is 2. The molecule has 3 aliphatic heterocycles. The van der Waals surface area contributed by atoms with E-state index in [1.165, 1.54) is 12.8 Å². The first kappa shape index (κ1) is 14.2. The van der Waals surface area contributed by atoms with Crippen molar-refractivity contribution in [2.24, 2.45) is 11.8 Å². The van der Waals surface area contributed by atoms with Crippen molar-refractivity contribution in [3.8, 4) is 0 Å². The van der Waals surface area contributed by atoms with Gasteiger partial charge in [-0.15, -0.1) is 0 Å².